The van der Waals surface area contributed by atoms with Gasteiger partial charge in [0.05, 0.1) is 12.1 Å². The molecule has 0 amide bonds. The molecule has 2 nitrogen and oxygen atoms in total. The highest BCUT2D eigenvalue weighted by atomic mass is 16.5. The second-order valence-electron chi connectivity index (χ2n) is 5.28. The summed E-state index contributed by atoms with van der Waals surface area (Å²) in [5.41, 5.74) is 1.33. The van der Waals surface area contributed by atoms with Crippen molar-refractivity contribution in [3.8, 4) is 0 Å². The minimum atomic E-state index is 0.290. The quantitative estimate of drug-likeness (QED) is 0.859. The topological polar surface area (TPSA) is 21.3 Å². The van der Waals surface area contributed by atoms with Gasteiger partial charge in [-0.15, -0.1) is 0 Å². The molecule has 0 aromatic heterocycles. The van der Waals surface area contributed by atoms with Gasteiger partial charge in [-0.25, -0.2) is 0 Å². The van der Waals surface area contributed by atoms with Crippen LogP contribution in [-0.2, 0) is 4.74 Å². The van der Waals surface area contributed by atoms with E-state index in [1.54, 1.807) is 0 Å². The van der Waals surface area contributed by atoms with Crippen LogP contribution in [0.25, 0.3) is 0 Å². The largest absolute Gasteiger partial charge is 0.379 e. The van der Waals surface area contributed by atoms with E-state index in [0.29, 0.717) is 12.0 Å². The summed E-state index contributed by atoms with van der Waals surface area (Å²) in [6.45, 7) is 0. The predicted molar refractivity (Wildman–Crippen MR) is 75.6 cm³/mol. The lowest BCUT2D eigenvalue weighted by atomic mass is 9.81. The van der Waals surface area contributed by atoms with E-state index in [2.05, 4.69) is 35.6 Å². The molecule has 0 bridgehead atoms. The molecule has 0 spiro atoms. The third kappa shape index (κ3) is 3.12. The number of hydrogen-bond acceptors (Lipinski definition) is 2. The zero-order valence-corrected chi connectivity index (χ0v) is 11.6. The van der Waals surface area contributed by atoms with Crippen molar-refractivity contribution >= 4 is 0 Å². The lowest BCUT2D eigenvalue weighted by molar-refractivity contribution is 0.00941. The zero-order chi connectivity index (χ0) is 12.8. The summed E-state index contributed by atoms with van der Waals surface area (Å²) < 4.78 is 5.83. The molecule has 1 aromatic carbocycles. The highest BCUT2D eigenvalue weighted by Crippen LogP contribution is 2.33. The minimum Gasteiger partial charge on any atom is -0.379 e. The Hall–Kier alpha value is -0.860. The van der Waals surface area contributed by atoms with E-state index in [1.165, 1.54) is 37.7 Å². The summed E-state index contributed by atoms with van der Waals surface area (Å²) in [4.78, 5) is 0. The maximum atomic E-state index is 5.83. The molecule has 1 saturated carbocycles. The van der Waals surface area contributed by atoms with Gasteiger partial charge in [-0.3, -0.25) is 0 Å². The van der Waals surface area contributed by atoms with Crippen LogP contribution in [0.15, 0.2) is 30.3 Å². The molecule has 1 aliphatic rings. The molecule has 0 aliphatic heterocycles. The SMILES string of the molecule is CNC(c1ccccc1)C(OC)C1CCCCC1. The van der Waals surface area contributed by atoms with Crippen LogP contribution in [-0.4, -0.2) is 20.3 Å². The van der Waals surface area contributed by atoms with Crippen molar-refractivity contribution in [3.63, 3.8) is 0 Å². The van der Waals surface area contributed by atoms with Crippen molar-refractivity contribution in [1.82, 2.24) is 5.32 Å². The Kier molecular flexibility index (Phi) is 5.21. The molecule has 2 atom stereocenters. The number of benzene rings is 1. The van der Waals surface area contributed by atoms with Crippen LogP contribution in [0, 0.1) is 5.92 Å². The first-order valence-corrected chi connectivity index (χ1v) is 7.12. The van der Waals surface area contributed by atoms with Gasteiger partial charge >= 0.3 is 0 Å². The summed E-state index contributed by atoms with van der Waals surface area (Å²) in [5, 5.41) is 3.44. The molecule has 1 N–H and O–H groups in total. The second kappa shape index (κ2) is 6.91. The molecule has 0 radical (unpaired) electrons. The van der Waals surface area contributed by atoms with E-state index in [0.717, 1.165) is 0 Å². The standard InChI is InChI=1S/C16H25NO/c1-17-15(13-9-5-3-6-10-13)16(18-2)14-11-7-4-8-12-14/h3,5-6,9-10,14-17H,4,7-8,11-12H2,1-2H3. The second-order valence-corrected chi connectivity index (χ2v) is 5.28. The lowest BCUT2D eigenvalue weighted by Crippen LogP contribution is -2.37. The van der Waals surface area contributed by atoms with Crippen LogP contribution >= 0.6 is 0 Å². The van der Waals surface area contributed by atoms with E-state index in [9.17, 15) is 0 Å². The summed E-state index contributed by atoms with van der Waals surface area (Å²) in [6, 6.07) is 11.0. The van der Waals surface area contributed by atoms with E-state index in [4.69, 9.17) is 4.74 Å². The van der Waals surface area contributed by atoms with Gasteiger partial charge in [0, 0.05) is 7.11 Å². The third-order valence-electron chi connectivity index (χ3n) is 4.18. The van der Waals surface area contributed by atoms with Gasteiger partial charge in [0.2, 0.25) is 0 Å². The third-order valence-corrected chi connectivity index (χ3v) is 4.18. The smallest absolute Gasteiger partial charge is 0.0793 e. The Morgan fingerprint density at radius 3 is 2.33 bits per heavy atom. The summed E-state index contributed by atoms with van der Waals surface area (Å²) >= 11 is 0. The molecule has 1 fully saturated rings. The lowest BCUT2D eigenvalue weighted by Gasteiger charge is -2.35. The van der Waals surface area contributed by atoms with E-state index in [-0.39, 0.29) is 6.10 Å². The average molecular weight is 247 g/mol. The van der Waals surface area contributed by atoms with E-state index in [1.807, 2.05) is 14.2 Å². The van der Waals surface area contributed by atoms with Gasteiger partial charge in [0.15, 0.2) is 0 Å². The molecule has 18 heavy (non-hydrogen) atoms. The van der Waals surface area contributed by atoms with Crippen molar-refractivity contribution in [1.29, 1.82) is 0 Å². The Morgan fingerprint density at radius 2 is 1.78 bits per heavy atom. The van der Waals surface area contributed by atoms with Gasteiger partial charge in [-0.2, -0.15) is 0 Å². The Bertz CT molecular complexity index is 332. The minimum absolute atomic E-state index is 0.290. The van der Waals surface area contributed by atoms with Crippen molar-refractivity contribution in [2.24, 2.45) is 5.92 Å². The number of methoxy groups -OCH3 is 1. The number of rotatable bonds is 5. The normalized spacial score (nSPS) is 20.6. The van der Waals surface area contributed by atoms with Crippen LogP contribution in [0.1, 0.15) is 43.7 Å². The number of likely N-dealkylation sites (N-methyl/N-ethyl adjacent to an activating group) is 1. The molecule has 0 saturated heterocycles. The van der Waals surface area contributed by atoms with Crippen LogP contribution in [0.4, 0.5) is 0 Å². The van der Waals surface area contributed by atoms with Gasteiger partial charge in [-0.05, 0) is 31.4 Å². The van der Waals surface area contributed by atoms with Gasteiger partial charge in [0.25, 0.3) is 0 Å². The monoisotopic (exact) mass is 247 g/mol. The van der Waals surface area contributed by atoms with Crippen molar-refractivity contribution in [2.45, 2.75) is 44.2 Å². The van der Waals surface area contributed by atoms with Crippen LogP contribution < -0.4 is 5.32 Å². The maximum Gasteiger partial charge on any atom is 0.0793 e. The van der Waals surface area contributed by atoms with Crippen LogP contribution in [0.5, 0.6) is 0 Å². The zero-order valence-electron chi connectivity index (χ0n) is 11.6. The molecular formula is C16H25NO. The van der Waals surface area contributed by atoms with E-state index >= 15 is 0 Å². The number of ether oxygens (including phenoxy) is 1. The molecule has 100 valence electrons. The fourth-order valence-electron chi connectivity index (χ4n) is 3.24. The highest BCUT2D eigenvalue weighted by Gasteiger charge is 2.30. The summed E-state index contributed by atoms with van der Waals surface area (Å²) in [7, 11) is 3.89. The molecule has 1 aliphatic carbocycles. The van der Waals surface area contributed by atoms with Crippen LogP contribution in [0.3, 0.4) is 0 Å². The number of nitrogens with one attached hydrogen (secondary N) is 1. The molecule has 0 heterocycles. The predicted octanol–water partition coefficient (Wildman–Crippen LogP) is 3.54. The van der Waals surface area contributed by atoms with Crippen molar-refractivity contribution in [2.75, 3.05) is 14.2 Å². The van der Waals surface area contributed by atoms with Gasteiger partial charge < -0.3 is 10.1 Å². The maximum absolute atomic E-state index is 5.83. The summed E-state index contributed by atoms with van der Waals surface area (Å²) in [5.74, 6) is 0.696. The fraction of sp³-hybridized carbons (Fsp3) is 0.625. The first kappa shape index (κ1) is 13.6. The number of hydrogen-bond donors (Lipinski definition) is 1. The molecule has 2 heteroatoms. The fourth-order valence-corrected chi connectivity index (χ4v) is 3.24. The van der Waals surface area contributed by atoms with Gasteiger partial charge in [-0.1, -0.05) is 49.6 Å². The molecular weight excluding hydrogens is 222 g/mol. The Balaban J connectivity index is 2.13. The molecule has 2 unspecified atom stereocenters. The molecule has 1 aromatic rings. The highest BCUT2D eigenvalue weighted by molar-refractivity contribution is 5.20. The van der Waals surface area contributed by atoms with Gasteiger partial charge in [0.1, 0.15) is 0 Å². The Morgan fingerprint density at radius 1 is 1.11 bits per heavy atom. The van der Waals surface area contributed by atoms with Crippen molar-refractivity contribution < 1.29 is 4.74 Å². The molecule has 2 rings (SSSR count). The first-order valence-electron chi connectivity index (χ1n) is 7.12. The summed E-state index contributed by atoms with van der Waals surface area (Å²) in [6.07, 6.45) is 7.01. The average Bonchev–Trinajstić information content (AvgIpc) is 2.46. The Labute approximate surface area is 111 Å². The van der Waals surface area contributed by atoms with Crippen molar-refractivity contribution in [3.05, 3.63) is 35.9 Å². The first-order chi connectivity index (χ1) is 8.86. The van der Waals surface area contributed by atoms with Crippen LogP contribution in [0.2, 0.25) is 0 Å². The van der Waals surface area contributed by atoms with E-state index < -0.39 is 0 Å².